The van der Waals surface area contributed by atoms with E-state index in [4.69, 9.17) is 0 Å². The highest BCUT2D eigenvalue weighted by molar-refractivity contribution is 7.18. The van der Waals surface area contributed by atoms with E-state index >= 15 is 0 Å². The predicted octanol–water partition coefficient (Wildman–Crippen LogP) is 5.30. The molecule has 1 aliphatic rings. The molecule has 0 spiro atoms. The molecule has 5 nitrogen and oxygen atoms in total. The van der Waals surface area contributed by atoms with Gasteiger partial charge in [0, 0.05) is 10.6 Å². The van der Waals surface area contributed by atoms with E-state index in [2.05, 4.69) is 31.1 Å². The number of hydrogen-bond donors (Lipinski definition) is 1. The fraction of sp³-hybridized carbons (Fsp3) is 0.458. The largest absolute Gasteiger partial charge is 0.324 e. The molecule has 1 aromatic carbocycles. The first-order valence-corrected chi connectivity index (χ1v) is 11.6. The minimum absolute atomic E-state index is 0.0915. The fourth-order valence-corrected chi connectivity index (χ4v) is 5.75. The average Bonchev–Trinajstić information content (AvgIpc) is 3.08. The van der Waals surface area contributed by atoms with Gasteiger partial charge < -0.3 is 5.32 Å². The zero-order valence-electron chi connectivity index (χ0n) is 18.1. The van der Waals surface area contributed by atoms with Gasteiger partial charge >= 0.3 is 0 Å². The molecule has 1 N–H and O–H groups in total. The van der Waals surface area contributed by atoms with Crippen LogP contribution >= 0.6 is 11.3 Å². The number of hydrogen-bond acceptors (Lipinski definition) is 4. The van der Waals surface area contributed by atoms with Crippen molar-refractivity contribution in [2.45, 2.75) is 65.3 Å². The number of amides is 1. The molecular weight excluding hydrogens is 394 g/mol. The van der Waals surface area contributed by atoms with Crippen molar-refractivity contribution in [3.8, 4) is 0 Å². The molecule has 3 aromatic rings. The highest BCUT2D eigenvalue weighted by atomic mass is 32.1. The van der Waals surface area contributed by atoms with Crippen LogP contribution < -0.4 is 10.9 Å². The molecule has 0 aliphatic heterocycles. The van der Waals surface area contributed by atoms with Gasteiger partial charge in [0.15, 0.2) is 0 Å². The zero-order valence-corrected chi connectivity index (χ0v) is 18.9. The SMILES string of the molecule is CCC(C(=O)Nc1ccccc1C(C)C)n1cnc2sc3c(c2c1=O)CCC(C)C3. The lowest BCUT2D eigenvalue weighted by atomic mass is 9.89. The fourth-order valence-electron chi connectivity index (χ4n) is 4.40. The lowest BCUT2D eigenvalue weighted by Crippen LogP contribution is -2.33. The van der Waals surface area contributed by atoms with Crippen LogP contribution in [0.25, 0.3) is 10.2 Å². The summed E-state index contributed by atoms with van der Waals surface area (Å²) in [7, 11) is 0. The Kier molecular flexibility index (Phi) is 5.78. The zero-order chi connectivity index (χ0) is 21.4. The van der Waals surface area contributed by atoms with Crippen molar-refractivity contribution in [1.82, 2.24) is 9.55 Å². The van der Waals surface area contributed by atoms with E-state index in [1.165, 1.54) is 9.44 Å². The summed E-state index contributed by atoms with van der Waals surface area (Å²) in [6, 6.07) is 7.25. The van der Waals surface area contributed by atoms with E-state index in [1.54, 1.807) is 17.7 Å². The van der Waals surface area contributed by atoms with Crippen LogP contribution in [-0.2, 0) is 17.6 Å². The lowest BCUT2D eigenvalue weighted by Gasteiger charge is -2.20. The van der Waals surface area contributed by atoms with Crippen LogP contribution in [0.5, 0.6) is 0 Å². The summed E-state index contributed by atoms with van der Waals surface area (Å²) in [5, 5.41) is 3.78. The Morgan fingerprint density at radius 2 is 2.10 bits per heavy atom. The van der Waals surface area contributed by atoms with Crippen molar-refractivity contribution in [2.24, 2.45) is 5.92 Å². The number of carbonyl (C=O) groups is 1. The van der Waals surface area contributed by atoms with Crippen molar-refractivity contribution in [3.05, 3.63) is 57.0 Å². The van der Waals surface area contributed by atoms with Gasteiger partial charge in [-0.3, -0.25) is 14.2 Å². The molecule has 158 valence electrons. The number of benzene rings is 1. The van der Waals surface area contributed by atoms with Crippen LogP contribution in [0.15, 0.2) is 35.4 Å². The number of rotatable bonds is 5. The van der Waals surface area contributed by atoms with E-state index in [1.807, 2.05) is 31.2 Å². The van der Waals surface area contributed by atoms with Crippen molar-refractivity contribution >= 4 is 33.1 Å². The van der Waals surface area contributed by atoms with Crippen LogP contribution in [0, 0.1) is 5.92 Å². The number of aromatic nitrogens is 2. The normalized spacial score (nSPS) is 17.2. The van der Waals surface area contributed by atoms with E-state index < -0.39 is 6.04 Å². The Labute approximate surface area is 181 Å². The first kappa shape index (κ1) is 20.8. The first-order chi connectivity index (χ1) is 14.4. The summed E-state index contributed by atoms with van der Waals surface area (Å²) in [4.78, 5) is 33.3. The van der Waals surface area contributed by atoms with Gasteiger partial charge in [-0.15, -0.1) is 11.3 Å². The van der Waals surface area contributed by atoms with Gasteiger partial charge in [-0.05, 0) is 54.7 Å². The third-order valence-electron chi connectivity index (χ3n) is 6.11. The monoisotopic (exact) mass is 423 g/mol. The Morgan fingerprint density at radius 1 is 1.33 bits per heavy atom. The molecule has 6 heteroatoms. The number of para-hydroxylation sites is 1. The average molecular weight is 424 g/mol. The number of aryl methyl sites for hydroxylation is 1. The van der Waals surface area contributed by atoms with Crippen molar-refractivity contribution in [1.29, 1.82) is 0 Å². The molecule has 0 saturated carbocycles. The maximum atomic E-state index is 13.4. The van der Waals surface area contributed by atoms with Crippen LogP contribution in [-0.4, -0.2) is 15.5 Å². The number of fused-ring (bicyclic) bond motifs is 3. The summed E-state index contributed by atoms with van der Waals surface area (Å²) in [5.74, 6) is 0.761. The van der Waals surface area contributed by atoms with Crippen LogP contribution in [0.1, 0.15) is 68.5 Å². The van der Waals surface area contributed by atoms with Gasteiger partial charge in [0.05, 0.1) is 11.7 Å². The lowest BCUT2D eigenvalue weighted by molar-refractivity contribution is -0.119. The van der Waals surface area contributed by atoms with E-state index in [0.717, 1.165) is 46.3 Å². The molecule has 4 rings (SSSR count). The Morgan fingerprint density at radius 3 is 2.83 bits per heavy atom. The summed E-state index contributed by atoms with van der Waals surface area (Å²) in [6.07, 6.45) is 5.10. The number of nitrogens with zero attached hydrogens (tertiary/aromatic N) is 2. The molecule has 30 heavy (non-hydrogen) atoms. The van der Waals surface area contributed by atoms with Crippen molar-refractivity contribution in [3.63, 3.8) is 0 Å². The second-order valence-corrected chi connectivity index (χ2v) is 9.73. The van der Waals surface area contributed by atoms with E-state index in [9.17, 15) is 9.59 Å². The van der Waals surface area contributed by atoms with Gasteiger partial charge in [-0.25, -0.2) is 4.98 Å². The van der Waals surface area contributed by atoms with Gasteiger partial charge in [0.1, 0.15) is 10.9 Å². The maximum absolute atomic E-state index is 13.4. The van der Waals surface area contributed by atoms with Crippen molar-refractivity contribution < 1.29 is 4.79 Å². The molecule has 2 atom stereocenters. The maximum Gasteiger partial charge on any atom is 0.263 e. The van der Waals surface area contributed by atoms with Gasteiger partial charge in [0.2, 0.25) is 5.91 Å². The van der Waals surface area contributed by atoms with Gasteiger partial charge in [-0.2, -0.15) is 0 Å². The molecule has 0 fully saturated rings. The summed E-state index contributed by atoms with van der Waals surface area (Å²) >= 11 is 1.64. The quantitative estimate of drug-likeness (QED) is 0.606. The molecule has 0 radical (unpaired) electrons. The minimum atomic E-state index is -0.590. The first-order valence-electron chi connectivity index (χ1n) is 10.8. The Bertz CT molecular complexity index is 1150. The number of nitrogens with one attached hydrogen (secondary N) is 1. The molecular formula is C24H29N3O2S. The molecule has 1 amide bonds. The van der Waals surface area contributed by atoms with Crippen LogP contribution in [0.2, 0.25) is 0 Å². The van der Waals surface area contributed by atoms with E-state index in [0.29, 0.717) is 18.3 Å². The second kappa shape index (κ2) is 8.34. The molecule has 0 saturated heterocycles. The summed E-state index contributed by atoms with van der Waals surface area (Å²) < 4.78 is 1.53. The van der Waals surface area contributed by atoms with E-state index in [-0.39, 0.29) is 11.5 Å². The van der Waals surface area contributed by atoms with Crippen LogP contribution in [0.3, 0.4) is 0 Å². The predicted molar refractivity (Wildman–Crippen MR) is 124 cm³/mol. The topological polar surface area (TPSA) is 64.0 Å². The summed E-state index contributed by atoms with van der Waals surface area (Å²) in [6.45, 7) is 8.39. The summed E-state index contributed by atoms with van der Waals surface area (Å²) in [5.41, 5.74) is 2.95. The third kappa shape index (κ3) is 3.69. The highest BCUT2D eigenvalue weighted by Gasteiger charge is 2.26. The number of anilines is 1. The second-order valence-electron chi connectivity index (χ2n) is 8.64. The highest BCUT2D eigenvalue weighted by Crippen LogP contribution is 2.35. The van der Waals surface area contributed by atoms with Crippen molar-refractivity contribution in [2.75, 3.05) is 5.32 Å². The molecule has 0 bridgehead atoms. The number of thiophene rings is 1. The van der Waals surface area contributed by atoms with Gasteiger partial charge in [-0.1, -0.05) is 45.9 Å². The van der Waals surface area contributed by atoms with Gasteiger partial charge in [0.25, 0.3) is 5.56 Å². The van der Waals surface area contributed by atoms with Crippen LogP contribution in [0.4, 0.5) is 5.69 Å². The smallest absolute Gasteiger partial charge is 0.263 e. The number of carbonyl (C=O) groups excluding carboxylic acids is 1. The minimum Gasteiger partial charge on any atom is -0.324 e. The molecule has 1 aliphatic carbocycles. The molecule has 2 heterocycles. The third-order valence-corrected chi connectivity index (χ3v) is 7.27. The Hall–Kier alpha value is -2.47. The molecule has 2 unspecified atom stereocenters. The Balaban J connectivity index is 1.71. The molecule has 2 aromatic heterocycles. The standard InChI is InChI=1S/C24H29N3O2S/c1-5-19(22(28)26-18-9-7-6-8-16(18)14(2)3)27-13-25-23-21(24(27)29)17-11-10-15(4)12-20(17)30-23/h6-9,13-15,19H,5,10-12H2,1-4H3,(H,26,28).